The van der Waals surface area contributed by atoms with Crippen LogP contribution < -0.4 is 5.32 Å². The molecule has 2 rings (SSSR count). The van der Waals surface area contributed by atoms with Crippen LogP contribution >= 0.6 is 0 Å². The van der Waals surface area contributed by atoms with Crippen molar-refractivity contribution in [2.24, 2.45) is 0 Å². The zero-order valence-electron chi connectivity index (χ0n) is 14.4. The number of rotatable bonds is 6. The van der Waals surface area contributed by atoms with E-state index in [9.17, 15) is 8.78 Å². The summed E-state index contributed by atoms with van der Waals surface area (Å²) in [5.41, 5.74) is 0.365. The molecule has 0 aliphatic carbocycles. The van der Waals surface area contributed by atoms with E-state index in [0.717, 1.165) is 12.5 Å². The van der Waals surface area contributed by atoms with Crippen LogP contribution in [0.15, 0.2) is 18.2 Å². The first kappa shape index (κ1) is 18.4. The molecular weight excluding hydrogens is 299 g/mol. The molecule has 0 amide bonds. The average molecular weight is 324 g/mol. The molecule has 1 aliphatic heterocycles. The predicted molar refractivity (Wildman–Crippen MR) is 87.7 cm³/mol. The number of halogens is 2. The normalized spacial score (nSPS) is 26.3. The van der Waals surface area contributed by atoms with Gasteiger partial charge < -0.3 is 14.8 Å². The Morgan fingerprint density at radius 2 is 2.04 bits per heavy atom. The van der Waals surface area contributed by atoms with Crippen molar-refractivity contribution in [2.75, 3.05) is 14.2 Å². The van der Waals surface area contributed by atoms with Gasteiger partial charge in [0.1, 0.15) is 0 Å². The molecule has 4 atom stereocenters. The SMILES string of the molecule is CN[C@H](c1ccc(F)c(F)c1)[C@@H]1C[C@@H]([B]C(C)(C)OC)[C@H](C)O1. The van der Waals surface area contributed by atoms with Gasteiger partial charge in [0.2, 0.25) is 0 Å². The fraction of sp³-hybridized carbons (Fsp3) is 0.647. The lowest BCUT2D eigenvalue weighted by atomic mass is 9.51. The maximum Gasteiger partial charge on any atom is 0.160 e. The molecule has 1 aromatic carbocycles. The molecule has 1 aliphatic rings. The quantitative estimate of drug-likeness (QED) is 0.815. The van der Waals surface area contributed by atoms with Crippen molar-refractivity contribution in [3.8, 4) is 0 Å². The van der Waals surface area contributed by atoms with Crippen LogP contribution in [0.4, 0.5) is 8.78 Å². The Bertz CT molecular complexity index is 541. The summed E-state index contributed by atoms with van der Waals surface area (Å²) in [7, 11) is 5.65. The molecule has 1 radical (unpaired) electrons. The Hall–Kier alpha value is -0.975. The molecule has 0 bridgehead atoms. The van der Waals surface area contributed by atoms with Crippen molar-refractivity contribution in [1.29, 1.82) is 0 Å². The van der Waals surface area contributed by atoms with Crippen LogP contribution in [0, 0.1) is 11.6 Å². The maximum absolute atomic E-state index is 13.5. The minimum Gasteiger partial charge on any atom is -0.388 e. The summed E-state index contributed by atoms with van der Waals surface area (Å²) in [6.45, 7) is 6.06. The molecule has 0 saturated carbocycles. The van der Waals surface area contributed by atoms with E-state index in [1.54, 1.807) is 20.2 Å². The third-order valence-corrected chi connectivity index (χ3v) is 4.62. The number of hydrogen-bond donors (Lipinski definition) is 1. The summed E-state index contributed by atoms with van der Waals surface area (Å²) in [4.78, 5) is 0. The van der Waals surface area contributed by atoms with Crippen molar-refractivity contribution >= 4 is 7.28 Å². The number of hydrogen-bond acceptors (Lipinski definition) is 3. The number of nitrogens with one attached hydrogen (secondary N) is 1. The molecule has 23 heavy (non-hydrogen) atoms. The van der Waals surface area contributed by atoms with Crippen LogP contribution in [0.5, 0.6) is 0 Å². The second-order valence-electron chi connectivity index (χ2n) is 6.69. The van der Waals surface area contributed by atoms with Gasteiger partial charge >= 0.3 is 0 Å². The summed E-state index contributed by atoms with van der Waals surface area (Å²) >= 11 is 0. The van der Waals surface area contributed by atoms with E-state index in [2.05, 4.69) is 12.6 Å². The van der Waals surface area contributed by atoms with Gasteiger partial charge in [-0.05, 0) is 57.8 Å². The van der Waals surface area contributed by atoms with Gasteiger partial charge in [-0.1, -0.05) is 6.07 Å². The molecule has 127 valence electrons. The van der Waals surface area contributed by atoms with Crippen molar-refractivity contribution in [1.82, 2.24) is 5.32 Å². The van der Waals surface area contributed by atoms with Crippen molar-refractivity contribution in [3.05, 3.63) is 35.4 Å². The highest BCUT2D eigenvalue weighted by atomic mass is 19.2. The topological polar surface area (TPSA) is 30.5 Å². The molecule has 3 nitrogen and oxygen atoms in total. The van der Waals surface area contributed by atoms with E-state index in [4.69, 9.17) is 9.47 Å². The summed E-state index contributed by atoms with van der Waals surface area (Å²) in [6, 6.07) is 3.81. The highest BCUT2D eigenvalue weighted by Gasteiger charge is 2.40. The molecule has 0 spiro atoms. The number of ether oxygens (including phenoxy) is 2. The van der Waals surface area contributed by atoms with E-state index in [0.29, 0.717) is 5.56 Å². The first-order chi connectivity index (χ1) is 10.8. The monoisotopic (exact) mass is 324 g/mol. The third-order valence-electron chi connectivity index (χ3n) is 4.62. The van der Waals surface area contributed by atoms with Crippen LogP contribution in [-0.2, 0) is 9.47 Å². The Kier molecular flexibility index (Phi) is 5.81. The average Bonchev–Trinajstić information content (AvgIpc) is 2.84. The highest BCUT2D eigenvalue weighted by Crippen LogP contribution is 2.38. The molecule has 6 heteroatoms. The minimum atomic E-state index is -0.836. The van der Waals surface area contributed by atoms with Crippen molar-refractivity contribution < 1.29 is 18.3 Å². The van der Waals surface area contributed by atoms with E-state index >= 15 is 0 Å². The van der Waals surface area contributed by atoms with Gasteiger partial charge in [0, 0.05) is 12.6 Å². The van der Waals surface area contributed by atoms with Gasteiger partial charge in [0.25, 0.3) is 0 Å². The van der Waals surface area contributed by atoms with Crippen LogP contribution in [0.3, 0.4) is 0 Å². The first-order valence-corrected chi connectivity index (χ1v) is 7.96. The summed E-state index contributed by atoms with van der Waals surface area (Å²) in [5, 5.41) is 3.17. The molecule has 1 fully saturated rings. The summed E-state index contributed by atoms with van der Waals surface area (Å²) in [5.74, 6) is -1.43. The van der Waals surface area contributed by atoms with Crippen molar-refractivity contribution in [2.45, 2.75) is 56.8 Å². The van der Waals surface area contributed by atoms with Gasteiger partial charge in [-0.25, -0.2) is 8.78 Å². The fourth-order valence-corrected chi connectivity index (χ4v) is 3.17. The molecule has 1 heterocycles. The molecular formula is C17H25BF2NO2. The van der Waals surface area contributed by atoms with Crippen molar-refractivity contribution in [3.63, 3.8) is 0 Å². The zero-order valence-corrected chi connectivity index (χ0v) is 14.4. The standard InChI is InChI=1S/C17H25BF2NO2/c1-10-12(18-17(2,3)22-5)9-15(23-10)16(21-4)11-6-7-13(19)14(20)8-11/h6-8,10,12,15-16,21H,9H2,1-5H3/t10-,12+,15-,16+/m0/s1. The number of likely N-dealkylation sites (N-methyl/N-ethyl adjacent to an activating group) is 1. The zero-order chi connectivity index (χ0) is 17.2. The first-order valence-electron chi connectivity index (χ1n) is 7.96. The summed E-state index contributed by atoms with van der Waals surface area (Å²) in [6.07, 6.45) is 0.752. The highest BCUT2D eigenvalue weighted by molar-refractivity contribution is 6.41. The molecule has 1 N–H and O–H groups in total. The molecule has 1 aromatic rings. The second kappa shape index (κ2) is 7.28. The van der Waals surface area contributed by atoms with E-state index in [1.807, 2.05) is 20.8 Å². The lowest BCUT2D eigenvalue weighted by molar-refractivity contribution is 0.0322. The largest absolute Gasteiger partial charge is 0.388 e. The molecule has 0 unspecified atom stereocenters. The van der Waals surface area contributed by atoms with Crippen LogP contribution in [0.2, 0.25) is 5.82 Å². The Morgan fingerprint density at radius 3 is 2.61 bits per heavy atom. The van der Waals surface area contributed by atoms with Crippen LogP contribution in [0.25, 0.3) is 0 Å². The maximum atomic E-state index is 13.5. The smallest absolute Gasteiger partial charge is 0.160 e. The Balaban J connectivity index is 2.12. The number of methoxy groups -OCH3 is 1. The van der Waals surface area contributed by atoms with E-state index in [-0.39, 0.29) is 29.6 Å². The lowest BCUT2D eigenvalue weighted by Gasteiger charge is -2.26. The van der Waals surface area contributed by atoms with E-state index in [1.165, 1.54) is 6.07 Å². The fourth-order valence-electron chi connectivity index (χ4n) is 3.17. The van der Waals surface area contributed by atoms with Gasteiger partial charge in [0.05, 0.1) is 18.2 Å². The van der Waals surface area contributed by atoms with Crippen LogP contribution in [-0.4, -0.2) is 39.1 Å². The minimum absolute atomic E-state index is 0.0515. The van der Waals surface area contributed by atoms with Gasteiger partial charge in [-0.3, -0.25) is 0 Å². The molecule has 0 aromatic heterocycles. The third kappa shape index (κ3) is 4.31. The lowest BCUT2D eigenvalue weighted by Crippen LogP contribution is -2.35. The predicted octanol–water partition coefficient (Wildman–Crippen LogP) is 3.28. The summed E-state index contributed by atoms with van der Waals surface area (Å²) < 4.78 is 38.2. The van der Waals surface area contributed by atoms with E-state index < -0.39 is 11.6 Å². The number of benzene rings is 1. The second-order valence-corrected chi connectivity index (χ2v) is 6.69. The van der Waals surface area contributed by atoms with Gasteiger partial charge in [-0.2, -0.15) is 0 Å². The van der Waals surface area contributed by atoms with Gasteiger partial charge in [-0.15, -0.1) is 0 Å². The molecule has 1 saturated heterocycles. The van der Waals surface area contributed by atoms with Gasteiger partial charge in [0.15, 0.2) is 18.9 Å². The van der Waals surface area contributed by atoms with Crippen LogP contribution in [0.1, 0.15) is 38.8 Å². The Labute approximate surface area is 138 Å². The Morgan fingerprint density at radius 1 is 1.35 bits per heavy atom.